The number of anilines is 3. The van der Waals surface area contributed by atoms with E-state index in [9.17, 15) is 10.1 Å². The highest BCUT2D eigenvalue weighted by molar-refractivity contribution is 5.76. The summed E-state index contributed by atoms with van der Waals surface area (Å²) >= 11 is 0. The van der Waals surface area contributed by atoms with E-state index < -0.39 is 0 Å². The van der Waals surface area contributed by atoms with Crippen LogP contribution in [0.5, 0.6) is 0 Å². The van der Waals surface area contributed by atoms with Crippen LogP contribution < -0.4 is 10.2 Å². The minimum Gasteiger partial charge on any atom is -0.347 e. The Hall–Kier alpha value is -2.70. The van der Waals surface area contributed by atoms with Crippen molar-refractivity contribution < 1.29 is 4.92 Å². The molecular weight excluding hydrogens is 366 g/mol. The lowest BCUT2D eigenvalue weighted by Gasteiger charge is -2.39. The van der Waals surface area contributed by atoms with Gasteiger partial charge in [-0.15, -0.1) is 0 Å². The lowest BCUT2D eigenvalue weighted by molar-refractivity contribution is -0.383. The maximum Gasteiger partial charge on any atom is 0.353 e. The Labute approximate surface area is 171 Å². The molecule has 1 N–H and O–H groups in total. The first-order chi connectivity index (χ1) is 13.6. The monoisotopic (exact) mass is 395 g/mol. The summed E-state index contributed by atoms with van der Waals surface area (Å²) in [7, 11) is 0. The van der Waals surface area contributed by atoms with Gasteiger partial charge >= 0.3 is 5.69 Å². The summed E-state index contributed by atoms with van der Waals surface area (Å²) in [6, 6.07) is 6.23. The molecular formula is C22H29N5O2. The highest BCUT2D eigenvalue weighted by atomic mass is 16.6. The molecule has 2 unspecified atom stereocenters. The molecule has 1 aliphatic heterocycles. The van der Waals surface area contributed by atoms with Crippen molar-refractivity contribution in [2.24, 2.45) is 10.8 Å². The minimum atomic E-state index is -0.350. The van der Waals surface area contributed by atoms with Crippen LogP contribution in [0.4, 0.5) is 23.0 Å². The van der Waals surface area contributed by atoms with E-state index in [2.05, 4.69) is 41.0 Å². The van der Waals surface area contributed by atoms with Gasteiger partial charge in [-0.3, -0.25) is 10.1 Å². The van der Waals surface area contributed by atoms with Crippen LogP contribution in [0.2, 0.25) is 0 Å². The highest BCUT2D eigenvalue weighted by Gasteiger charge is 2.51. The van der Waals surface area contributed by atoms with Gasteiger partial charge in [0.25, 0.3) is 0 Å². The minimum absolute atomic E-state index is 0.0403. The van der Waals surface area contributed by atoms with Crippen molar-refractivity contribution >= 4 is 23.0 Å². The summed E-state index contributed by atoms with van der Waals surface area (Å²) in [4.78, 5) is 22.5. The molecule has 0 spiro atoms. The van der Waals surface area contributed by atoms with Gasteiger partial charge in [0.05, 0.1) is 4.92 Å². The zero-order valence-electron chi connectivity index (χ0n) is 17.8. The number of rotatable bonds is 4. The lowest BCUT2D eigenvalue weighted by Crippen LogP contribution is -2.35. The quantitative estimate of drug-likeness (QED) is 0.569. The summed E-state index contributed by atoms with van der Waals surface area (Å²) in [5, 5.41) is 15.3. The van der Waals surface area contributed by atoms with Crippen LogP contribution >= 0.6 is 0 Å². The van der Waals surface area contributed by atoms with Crippen molar-refractivity contribution in [1.82, 2.24) is 9.97 Å². The van der Waals surface area contributed by atoms with Gasteiger partial charge in [0, 0.05) is 18.3 Å². The van der Waals surface area contributed by atoms with Gasteiger partial charge in [0.2, 0.25) is 11.6 Å². The predicted molar refractivity (Wildman–Crippen MR) is 115 cm³/mol. The number of aromatic nitrogens is 2. The summed E-state index contributed by atoms with van der Waals surface area (Å²) < 4.78 is 0. The number of nitrogens with one attached hydrogen (secondary N) is 1. The fourth-order valence-corrected chi connectivity index (χ4v) is 5.63. The maximum atomic E-state index is 12.1. The van der Waals surface area contributed by atoms with E-state index >= 15 is 0 Å². The molecule has 29 heavy (non-hydrogen) atoms. The third-order valence-corrected chi connectivity index (χ3v) is 6.31. The largest absolute Gasteiger partial charge is 0.353 e. The van der Waals surface area contributed by atoms with Gasteiger partial charge in [0.15, 0.2) is 0 Å². The van der Waals surface area contributed by atoms with Gasteiger partial charge in [-0.25, -0.2) is 9.97 Å². The second-order valence-corrected chi connectivity index (χ2v) is 9.94. The van der Waals surface area contributed by atoms with Crippen LogP contribution in [0.25, 0.3) is 0 Å². The van der Waals surface area contributed by atoms with E-state index in [4.69, 9.17) is 0 Å². The molecule has 7 nitrogen and oxygen atoms in total. The molecule has 0 radical (unpaired) electrons. The SMILES string of the molecule is Cc1ccc(Nc2ncnc(N3CC4(C)CC3CC(C)(C)C4)c2[N+](=O)[O-])c(C)c1. The smallest absolute Gasteiger partial charge is 0.347 e. The normalized spacial score (nSPS) is 25.1. The molecule has 1 saturated heterocycles. The van der Waals surface area contributed by atoms with Crippen molar-refractivity contribution in [3.05, 3.63) is 45.8 Å². The second-order valence-electron chi connectivity index (χ2n) is 9.94. The number of hydrogen-bond donors (Lipinski definition) is 1. The average Bonchev–Trinajstić information content (AvgIpc) is 2.85. The molecule has 2 fully saturated rings. The molecule has 1 saturated carbocycles. The molecule has 4 rings (SSSR count). The fraction of sp³-hybridized carbons (Fsp3) is 0.545. The molecule has 1 aromatic heterocycles. The number of benzene rings is 1. The Balaban J connectivity index is 1.74. The van der Waals surface area contributed by atoms with Crippen LogP contribution in [0.15, 0.2) is 24.5 Å². The maximum absolute atomic E-state index is 12.1. The standard InChI is InChI=1S/C22H29N5O2/c1-14-6-7-17(15(2)8-14)25-19-18(27(28)29)20(24-13-23-19)26-12-22(5)10-16(26)9-21(3,4)11-22/h6-8,13,16H,9-12H2,1-5H3,(H,23,24,25). The van der Waals surface area contributed by atoms with Crippen LogP contribution in [-0.4, -0.2) is 27.5 Å². The van der Waals surface area contributed by atoms with Crippen molar-refractivity contribution in [3.63, 3.8) is 0 Å². The molecule has 2 heterocycles. The van der Waals surface area contributed by atoms with E-state index in [0.717, 1.165) is 42.6 Å². The van der Waals surface area contributed by atoms with Gasteiger partial charge in [-0.05, 0) is 55.6 Å². The average molecular weight is 396 g/mol. The fourth-order valence-electron chi connectivity index (χ4n) is 5.63. The van der Waals surface area contributed by atoms with Gasteiger partial charge in [-0.2, -0.15) is 0 Å². The summed E-state index contributed by atoms with van der Waals surface area (Å²) in [5.74, 6) is 0.682. The Morgan fingerprint density at radius 2 is 1.97 bits per heavy atom. The molecule has 154 valence electrons. The van der Waals surface area contributed by atoms with E-state index in [1.54, 1.807) is 0 Å². The number of nitrogens with zero attached hydrogens (tertiary/aromatic N) is 4. The van der Waals surface area contributed by atoms with E-state index in [-0.39, 0.29) is 33.3 Å². The van der Waals surface area contributed by atoms with Gasteiger partial charge in [-0.1, -0.05) is 38.5 Å². The van der Waals surface area contributed by atoms with Crippen LogP contribution in [-0.2, 0) is 0 Å². The number of hydrogen-bond acceptors (Lipinski definition) is 6. The van der Waals surface area contributed by atoms with Crippen molar-refractivity contribution in [2.75, 3.05) is 16.8 Å². The lowest BCUT2D eigenvalue weighted by atomic mass is 9.65. The Morgan fingerprint density at radius 1 is 1.21 bits per heavy atom. The first kappa shape index (κ1) is 19.6. The highest BCUT2D eigenvalue weighted by Crippen LogP contribution is 2.54. The molecule has 1 aromatic carbocycles. The van der Waals surface area contributed by atoms with E-state index in [1.165, 1.54) is 6.33 Å². The summed E-state index contributed by atoms with van der Waals surface area (Å²) in [5.41, 5.74) is 3.33. The Bertz CT molecular complexity index is 974. The number of aryl methyl sites for hydroxylation is 2. The molecule has 2 bridgehead atoms. The van der Waals surface area contributed by atoms with Crippen LogP contribution in [0.1, 0.15) is 51.2 Å². The van der Waals surface area contributed by atoms with Crippen LogP contribution in [0.3, 0.4) is 0 Å². The third kappa shape index (κ3) is 3.66. The molecule has 2 aliphatic rings. The Morgan fingerprint density at radius 3 is 2.66 bits per heavy atom. The molecule has 2 aromatic rings. The van der Waals surface area contributed by atoms with Crippen molar-refractivity contribution in [3.8, 4) is 0 Å². The first-order valence-electron chi connectivity index (χ1n) is 10.2. The topological polar surface area (TPSA) is 84.2 Å². The molecule has 7 heteroatoms. The second kappa shape index (κ2) is 6.68. The summed E-state index contributed by atoms with van der Waals surface area (Å²) in [6.45, 7) is 11.7. The van der Waals surface area contributed by atoms with Crippen molar-refractivity contribution in [2.45, 2.75) is 59.9 Å². The third-order valence-electron chi connectivity index (χ3n) is 6.31. The molecule has 2 atom stereocenters. The molecule has 1 aliphatic carbocycles. The van der Waals surface area contributed by atoms with E-state index in [1.807, 2.05) is 32.0 Å². The first-order valence-corrected chi connectivity index (χ1v) is 10.2. The van der Waals surface area contributed by atoms with Gasteiger partial charge in [0.1, 0.15) is 6.33 Å². The predicted octanol–water partition coefficient (Wildman–Crippen LogP) is 5.15. The van der Waals surface area contributed by atoms with Crippen LogP contribution in [0, 0.1) is 34.8 Å². The van der Waals surface area contributed by atoms with E-state index in [0.29, 0.717) is 5.82 Å². The van der Waals surface area contributed by atoms with Crippen molar-refractivity contribution in [1.29, 1.82) is 0 Å². The molecule has 0 amide bonds. The summed E-state index contributed by atoms with van der Waals surface area (Å²) in [6.07, 6.45) is 4.63. The zero-order chi connectivity index (χ0) is 21.0. The Kier molecular flexibility index (Phi) is 4.52. The van der Waals surface area contributed by atoms with Gasteiger partial charge < -0.3 is 10.2 Å². The number of nitro groups is 1. The zero-order valence-corrected chi connectivity index (χ0v) is 17.8. The number of fused-ring (bicyclic) bond motifs is 2.